The molecule has 1 aliphatic heterocycles. The third-order valence-corrected chi connectivity index (χ3v) is 3.56. The Morgan fingerprint density at radius 1 is 1.11 bits per heavy atom. The number of rotatable bonds is 6. The van der Waals surface area contributed by atoms with Crippen molar-refractivity contribution in [2.45, 2.75) is 40.0 Å². The van der Waals surface area contributed by atoms with E-state index in [0.717, 1.165) is 30.4 Å². The molecule has 1 aliphatic rings. The lowest BCUT2D eigenvalue weighted by atomic mass is 9.90. The van der Waals surface area contributed by atoms with Crippen LogP contribution in [0.1, 0.15) is 39.2 Å². The van der Waals surface area contributed by atoms with E-state index in [9.17, 15) is 0 Å². The van der Waals surface area contributed by atoms with E-state index >= 15 is 0 Å². The van der Waals surface area contributed by atoms with Crippen molar-refractivity contribution < 1.29 is 9.47 Å². The first-order chi connectivity index (χ1) is 9.28. The average Bonchev–Trinajstić information content (AvgIpc) is 2.40. The summed E-state index contributed by atoms with van der Waals surface area (Å²) in [6, 6.07) is 4.24. The molecule has 1 aromatic rings. The van der Waals surface area contributed by atoms with Gasteiger partial charge >= 0.3 is 0 Å². The third-order valence-electron chi connectivity index (χ3n) is 3.56. The smallest absolute Gasteiger partial charge is 0.163 e. The minimum Gasteiger partial charge on any atom is -0.490 e. The zero-order chi connectivity index (χ0) is 13.7. The molecule has 3 heteroatoms. The van der Waals surface area contributed by atoms with Gasteiger partial charge < -0.3 is 14.8 Å². The molecule has 3 nitrogen and oxygen atoms in total. The van der Waals surface area contributed by atoms with Gasteiger partial charge in [-0.25, -0.2) is 0 Å². The summed E-state index contributed by atoms with van der Waals surface area (Å²) in [4.78, 5) is 0. The Morgan fingerprint density at radius 2 is 1.79 bits per heavy atom. The summed E-state index contributed by atoms with van der Waals surface area (Å²) in [7, 11) is 0. The van der Waals surface area contributed by atoms with E-state index in [-0.39, 0.29) is 0 Å². The fraction of sp³-hybridized carbons (Fsp3) is 0.625. The summed E-state index contributed by atoms with van der Waals surface area (Å²) in [5.41, 5.74) is 2.57. The monoisotopic (exact) mass is 263 g/mol. The Kier molecular flexibility index (Phi) is 4.94. The van der Waals surface area contributed by atoms with Gasteiger partial charge in [0, 0.05) is 18.3 Å². The van der Waals surface area contributed by atoms with Crippen molar-refractivity contribution in [1.29, 1.82) is 0 Å². The Balaban J connectivity index is 2.23. The highest BCUT2D eigenvalue weighted by Gasteiger charge is 2.20. The molecule has 0 saturated heterocycles. The van der Waals surface area contributed by atoms with Gasteiger partial charge in [0.25, 0.3) is 0 Å². The quantitative estimate of drug-likeness (QED) is 0.845. The number of anilines is 1. The van der Waals surface area contributed by atoms with Gasteiger partial charge in [-0.05, 0) is 44.2 Å². The van der Waals surface area contributed by atoms with Gasteiger partial charge in [0.1, 0.15) is 0 Å². The molecular formula is C16H25NO2. The zero-order valence-electron chi connectivity index (χ0n) is 12.3. The SMILES string of the molecule is CCCC1CNc2cc(OCC)c(OCC)cc2C1. The molecular weight excluding hydrogens is 238 g/mol. The first-order valence-corrected chi connectivity index (χ1v) is 7.44. The van der Waals surface area contributed by atoms with E-state index in [1.54, 1.807) is 0 Å². The van der Waals surface area contributed by atoms with Gasteiger partial charge in [-0.1, -0.05) is 13.3 Å². The third kappa shape index (κ3) is 3.34. The van der Waals surface area contributed by atoms with Crippen LogP contribution in [0, 0.1) is 5.92 Å². The summed E-state index contributed by atoms with van der Waals surface area (Å²) in [5, 5.41) is 3.53. The molecule has 0 fully saturated rings. The molecule has 1 N–H and O–H groups in total. The van der Waals surface area contributed by atoms with Crippen LogP contribution in [-0.4, -0.2) is 19.8 Å². The van der Waals surface area contributed by atoms with Gasteiger partial charge in [0.05, 0.1) is 13.2 Å². The lowest BCUT2D eigenvalue weighted by molar-refractivity contribution is 0.287. The second kappa shape index (κ2) is 6.69. The highest BCUT2D eigenvalue weighted by Crippen LogP contribution is 2.37. The largest absolute Gasteiger partial charge is 0.490 e. The molecule has 1 atom stereocenters. The van der Waals surface area contributed by atoms with E-state index in [4.69, 9.17) is 9.47 Å². The summed E-state index contributed by atoms with van der Waals surface area (Å²) in [6.45, 7) is 8.66. The van der Waals surface area contributed by atoms with Gasteiger partial charge in [-0.3, -0.25) is 0 Å². The van der Waals surface area contributed by atoms with Crippen LogP contribution in [-0.2, 0) is 6.42 Å². The second-order valence-corrected chi connectivity index (χ2v) is 5.06. The molecule has 1 heterocycles. The second-order valence-electron chi connectivity index (χ2n) is 5.06. The lowest BCUT2D eigenvalue weighted by Crippen LogP contribution is -2.23. The number of benzene rings is 1. The van der Waals surface area contributed by atoms with Crippen molar-refractivity contribution in [2.24, 2.45) is 5.92 Å². The molecule has 0 aliphatic carbocycles. The van der Waals surface area contributed by atoms with Crippen molar-refractivity contribution in [2.75, 3.05) is 25.1 Å². The minimum absolute atomic E-state index is 0.664. The van der Waals surface area contributed by atoms with Crippen molar-refractivity contribution in [3.05, 3.63) is 17.7 Å². The maximum Gasteiger partial charge on any atom is 0.163 e. The molecule has 0 aromatic heterocycles. The van der Waals surface area contributed by atoms with E-state index in [1.807, 2.05) is 13.8 Å². The maximum atomic E-state index is 5.70. The molecule has 19 heavy (non-hydrogen) atoms. The van der Waals surface area contributed by atoms with E-state index < -0.39 is 0 Å². The average molecular weight is 263 g/mol. The topological polar surface area (TPSA) is 30.5 Å². The van der Waals surface area contributed by atoms with E-state index in [2.05, 4.69) is 24.4 Å². The summed E-state index contributed by atoms with van der Waals surface area (Å²) >= 11 is 0. The van der Waals surface area contributed by atoms with E-state index in [1.165, 1.54) is 24.1 Å². The molecule has 0 spiro atoms. The van der Waals surface area contributed by atoms with Crippen molar-refractivity contribution >= 4 is 5.69 Å². The Bertz CT molecular complexity index is 417. The van der Waals surface area contributed by atoms with Crippen LogP contribution < -0.4 is 14.8 Å². The summed E-state index contributed by atoms with van der Waals surface area (Å²) in [5.74, 6) is 2.47. The fourth-order valence-corrected chi connectivity index (χ4v) is 2.72. The minimum atomic E-state index is 0.664. The van der Waals surface area contributed by atoms with Crippen LogP contribution in [0.5, 0.6) is 11.5 Å². The van der Waals surface area contributed by atoms with Crippen LogP contribution in [0.4, 0.5) is 5.69 Å². The number of ether oxygens (including phenoxy) is 2. The van der Waals surface area contributed by atoms with Gasteiger partial charge in [0.15, 0.2) is 11.5 Å². The maximum absolute atomic E-state index is 5.70. The number of hydrogen-bond acceptors (Lipinski definition) is 3. The molecule has 2 rings (SSSR count). The number of nitrogens with one attached hydrogen (secondary N) is 1. The molecule has 0 amide bonds. The highest BCUT2D eigenvalue weighted by atomic mass is 16.5. The van der Waals surface area contributed by atoms with Crippen LogP contribution in [0.15, 0.2) is 12.1 Å². The van der Waals surface area contributed by atoms with Gasteiger partial charge in [-0.2, -0.15) is 0 Å². The van der Waals surface area contributed by atoms with Crippen molar-refractivity contribution in [3.8, 4) is 11.5 Å². The highest BCUT2D eigenvalue weighted by molar-refractivity contribution is 5.62. The van der Waals surface area contributed by atoms with Gasteiger partial charge in [-0.15, -0.1) is 0 Å². The first-order valence-electron chi connectivity index (χ1n) is 7.44. The summed E-state index contributed by atoms with van der Waals surface area (Å²) in [6.07, 6.45) is 3.67. The first kappa shape index (κ1) is 14.0. The number of fused-ring (bicyclic) bond motifs is 1. The lowest BCUT2D eigenvalue weighted by Gasteiger charge is -2.27. The normalized spacial score (nSPS) is 17.5. The molecule has 106 valence electrons. The molecule has 0 radical (unpaired) electrons. The number of hydrogen-bond donors (Lipinski definition) is 1. The van der Waals surface area contributed by atoms with Crippen LogP contribution in [0.3, 0.4) is 0 Å². The van der Waals surface area contributed by atoms with E-state index in [0.29, 0.717) is 13.2 Å². The molecule has 0 saturated carbocycles. The zero-order valence-corrected chi connectivity index (χ0v) is 12.3. The fourth-order valence-electron chi connectivity index (χ4n) is 2.72. The Labute approximate surface area is 116 Å². The van der Waals surface area contributed by atoms with Crippen LogP contribution in [0.2, 0.25) is 0 Å². The van der Waals surface area contributed by atoms with Crippen LogP contribution >= 0.6 is 0 Å². The van der Waals surface area contributed by atoms with Crippen molar-refractivity contribution in [3.63, 3.8) is 0 Å². The Hall–Kier alpha value is -1.38. The Morgan fingerprint density at radius 3 is 2.42 bits per heavy atom. The van der Waals surface area contributed by atoms with Gasteiger partial charge in [0.2, 0.25) is 0 Å². The molecule has 0 bridgehead atoms. The standard InChI is InChI=1S/C16H25NO2/c1-4-7-12-8-13-9-15(18-5-2)16(19-6-3)10-14(13)17-11-12/h9-10,12,17H,4-8,11H2,1-3H3. The molecule has 1 aromatic carbocycles. The predicted octanol–water partition coefficient (Wildman–Crippen LogP) is 3.87. The van der Waals surface area contributed by atoms with Crippen LogP contribution in [0.25, 0.3) is 0 Å². The van der Waals surface area contributed by atoms with Crippen molar-refractivity contribution in [1.82, 2.24) is 0 Å². The summed E-state index contributed by atoms with van der Waals surface area (Å²) < 4.78 is 11.4. The predicted molar refractivity (Wildman–Crippen MR) is 79.4 cm³/mol. The molecule has 1 unspecified atom stereocenters.